The first kappa shape index (κ1) is 14.0. The van der Waals surface area contributed by atoms with E-state index >= 15 is 0 Å². The summed E-state index contributed by atoms with van der Waals surface area (Å²) in [7, 11) is 1.83. The molecule has 4 nitrogen and oxygen atoms in total. The zero-order valence-corrected chi connectivity index (χ0v) is 12.5. The minimum atomic E-state index is 0.100. The number of carbonyl (C=O) groups excluding carboxylic acids is 1. The molecule has 0 atom stereocenters. The fourth-order valence-electron chi connectivity index (χ4n) is 1.59. The highest BCUT2D eigenvalue weighted by atomic mass is 32.2. The Morgan fingerprint density at radius 3 is 2.89 bits per heavy atom. The van der Waals surface area contributed by atoms with Crippen LogP contribution >= 0.6 is 23.1 Å². The summed E-state index contributed by atoms with van der Waals surface area (Å²) in [4.78, 5) is 13.8. The summed E-state index contributed by atoms with van der Waals surface area (Å²) in [5.41, 5.74) is 4.06. The van der Waals surface area contributed by atoms with E-state index in [2.05, 4.69) is 29.3 Å². The molecule has 0 N–H and O–H groups in total. The molecule has 0 bridgehead atoms. The van der Waals surface area contributed by atoms with Crippen LogP contribution in [0.2, 0.25) is 0 Å². The molecule has 6 heteroatoms. The first-order chi connectivity index (χ1) is 9.16. The van der Waals surface area contributed by atoms with Crippen LogP contribution in [0, 0.1) is 6.92 Å². The number of amides is 1. The monoisotopic (exact) mass is 293 g/mol. The number of aryl methyl sites for hydroxylation is 1. The second-order valence-corrected chi connectivity index (χ2v) is 6.23. The van der Waals surface area contributed by atoms with Crippen molar-refractivity contribution in [3.8, 4) is 0 Å². The first-order valence-corrected chi connectivity index (χ1v) is 7.71. The van der Waals surface area contributed by atoms with E-state index in [4.69, 9.17) is 0 Å². The summed E-state index contributed by atoms with van der Waals surface area (Å²) in [6.45, 7) is 2.70. The molecule has 2 aromatic rings. The lowest BCUT2D eigenvalue weighted by Gasteiger charge is -2.18. The van der Waals surface area contributed by atoms with Gasteiger partial charge in [0.05, 0.1) is 5.75 Å². The topological polar surface area (TPSA) is 46.1 Å². The van der Waals surface area contributed by atoms with Crippen LogP contribution in [-0.2, 0) is 11.3 Å². The van der Waals surface area contributed by atoms with Gasteiger partial charge in [-0.1, -0.05) is 47.4 Å². The molecular formula is C13H15N3OS2. The zero-order chi connectivity index (χ0) is 13.7. The number of thioether (sulfide) groups is 1. The van der Waals surface area contributed by atoms with E-state index in [1.54, 1.807) is 10.4 Å². The van der Waals surface area contributed by atoms with Crippen molar-refractivity contribution in [2.45, 2.75) is 17.8 Å². The Morgan fingerprint density at radius 1 is 1.42 bits per heavy atom. The van der Waals surface area contributed by atoms with Crippen LogP contribution in [-0.4, -0.2) is 33.8 Å². The molecule has 0 aliphatic heterocycles. The van der Waals surface area contributed by atoms with Gasteiger partial charge in [0, 0.05) is 13.6 Å². The van der Waals surface area contributed by atoms with E-state index in [1.807, 2.05) is 19.2 Å². The van der Waals surface area contributed by atoms with Crippen LogP contribution in [0.3, 0.4) is 0 Å². The van der Waals surface area contributed by atoms with Gasteiger partial charge in [-0.15, -0.1) is 10.2 Å². The molecule has 0 unspecified atom stereocenters. The summed E-state index contributed by atoms with van der Waals surface area (Å²) in [5, 5.41) is 7.65. The Balaban J connectivity index is 1.87. The number of nitrogens with zero attached hydrogens (tertiary/aromatic N) is 3. The highest BCUT2D eigenvalue weighted by molar-refractivity contribution is 8.01. The quantitative estimate of drug-likeness (QED) is 0.795. The van der Waals surface area contributed by atoms with E-state index in [0.29, 0.717) is 12.3 Å². The molecule has 0 aliphatic carbocycles. The number of hydrogen-bond acceptors (Lipinski definition) is 5. The minimum absolute atomic E-state index is 0.100. The average Bonchev–Trinajstić information content (AvgIpc) is 2.91. The second-order valence-electron chi connectivity index (χ2n) is 4.17. The lowest BCUT2D eigenvalue weighted by atomic mass is 10.1. The summed E-state index contributed by atoms with van der Waals surface area (Å²) < 4.78 is 0.831. The predicted molar refractivity (Wildman–Crippen MR) is 78.3 cm³/mol. The Kier molecular flexibility index (Phi) is 4.93. The first-order valence-electron chi connectivity index (χ1n) is 5.84. The van der Waals surface area contributed by atoms with Crippen LogP contribution in [0.1, 0.15) is 11.1 Å². The normalized spacial score (nSPS) is 10.4. The summed E-state index contributed by atoms with van der Waals surface area (Å²) in [6.07, 6.45) is 0. The molecule has 0 saturated carbocycles. The fraction of sp³-hybridized carbons (Fsp3) is 0.308. The van der Waals surface area contributed by atoms with Crippen molar-refractivity contribution in [3.63, 3.8) is 0 Å². The van der Waals surface area contributed by atoms with Gasteiger partial charge in [-0.3, -0.25) is 4.79 Å². The Labute approximate surface area is 120 Å². The molecule has 1 amide bonds. The number of aromatic nitrogens is 2. The van der Waals surface area contributed by atoms with Crippen molar-refractivity contribution in [1.82, 2.24) is 15.1 Å². The van der Waals surface area contributed by atoms with E-state index in [1.165, 1.54) is 34.2 Å². The second kappa shape index (κ2) is 6.68. The van der Waals surface area contributed by atoms with Crippen molar-refractivity contribution in [2.24, 2.45) is 0 Å². The van der Waals surface area contributed by atoms with Gasteiger partial charge in [0.2, 0.25) is 5.91 Å². The molecule has 2 rings (SSSR count). The van der Waals surface area contributed by atoms with Crippen LogP contribution in [0.25, 0.3) is 0 Å². The molecule has 100 valence electrons. The van der Waals surface area contributed by atoms with Crippen molar-refractivity contribution >= 4 is 29.0 Å². The van der Waals surface area contributed by atoms with Crippen molar-refractivity contribution in [1.29, 1.82) is 0 Å². The maximum absolute atomic E-state index is 12.0. The molecule has 19 heavy (non-hydrogen) atoms. The molecule has 0 saturated heterocycles. The van der Waals surface area contributed by atoms with Crippen molar-refractivity contribution in [3.05, 3.63) is 40.9 Å². The Hall–Kier alpha value is -1.40. The lowest BCUT2D eigenvalue weighted by Crippen LogP contribution is -2.28. The van der Waals surface area contributed by atoms with Gasteiger partial charge in [0.15, 0.2) is 4.34 Å². The maximum Gasteiger partial charge on any atom is 0.233 e. The fourth-order valence-corrected chi connectivity index (χ4v) is 3.02. The Morgan fingerprint density at radius 2 is 2.21 bits per heavy atom. The van der Waals surface area contributed by atoms with Crippen LogP contribution in [0.4, 0.5) is 0 Å². The van der Waals surface area contributed by atoms with Crippen molar-refractivity contribution in [2.75, 3.05) is 12.8 Å². The molecule has 0 spiro atoms. The number of rotatable bonds is 5. The van der Waals surface area contributed by atoms with E-state index in [-0.39, 0.29) is 5.91 Å². The molecular weight excluding hydrogens is 278 g/mol. The molecule has 1 aromatic carbocycles. The van der Waals surface area contributed by atoms with E-state index < -0.39 is 0 Å². The summed E-state index contributed by atoms with van der Waals surface area (Å²) in [5.74, 6) is 0.501. The molecule has 1 heterocycles. The van der Waals surface area contributed by atoms with Gasteiger partial charge < -0.3 is 4.90 Å². The van der Waals surface area contributed by atoms with Gasteiger partial charge >= 0.3 is 0 Å². The molecule has 0 radical (unpaired) electrons. The van der Waals surface area contributed by atoms with Gasteiger partial charge in [-0.25, -0.2) is 0 Å². The average molecular weight is 293 g/mol. The summed E-state index contributed by atoms with van der Waals surface area (Å²) >= 11 is 2.89. The number of benzene rings is 1. The highest BCUT2D eigenvalue weighted by Crippen LogP contribution is 2.19. The van der Waals surface area contributed by atoms with Gasteiger partial charge in [0.25, 0.3) is 0 Å². The van der Waals surface area contributed by atoms with Gasteiger partial charge in [-0.05, 0) is 18.1 Å². The third-order valence-corrected chi connectivity index (χ3v) is 4.60. The molecule has 0 fully saturated rings. The van der Waals surface area contributed by atoms with Crippen LogP contribution < -0.4 is 0 Å². The maximum atomic E-state index is 12.0. The largest absolute Gasteiger partial charge is 0.341 e. The SMILES string of the molecule is Cc1ccccc1CN(C)C(=O)CSc1nncs1. The standard InChI is InChI=1S/C13H15N3OS2/c1-10-5-3-4-6-11(10)7-16(2)12(17)8-18-13-15-14-9-19-13/h3-6,9H,7-8H2,1-2H3. The van der Waals surface area contributed by atoms with Gasteiger partial charge in [0.1, 0.15) is 5.51 Å². The number of carbonyl (C=O) groups is 1. The minimum Gasteiger partial charge on any atom is -0.341 e. The lowest BCUT2D eigenvalue weighted by molar-refractivity contribution is -0.127. The van der Waals surface area contributed by atoms with Gasteiger partial charge in [-0.2, -0.15) is 0 Å². The molecule has 0 aliphatic rings. The Bertz CT molecular complexity index is 543. The van der Waals surface area contributed by atoms with E-state index in [0.717, 1.165) is 4.34 Å². The third kappa shape index (κ3) is 4.04. The molecule has 1 aromatic heterocycles. The summed E-state index contributed by atoms with van der Waals surface area (Å²) in [6, 6.07) is 8.11. The predicted octanol–water partition coefficient (Wildman–Crippen LogP) is 2.60. The zero-order valence-electron chi connectivity index (χ0n) is 10.9. The van der Waals surface area contributed by atoms with Crippen LogP contribution in [0.5, 0.6) is 0 Å². The smallest absolute Gasteiger partial charge is 0.233 e. The van der Waals surface area contributed by atoms with Crippen LogP contribution in [0.15, 0.2) is 34.1 Å². The van der Waals surface area contributed by atoms with Crippen molar-refractivity contribution < 1.29 is 4.79 Å². The van der Waals surface area contributed by atoms with E-state index in [9.17, 15) is 4.79 Å². The third-order valence-electron chi connectivity index (χ3n) is 2.75. The number of hydrogen-bond donors (Lipinski definition) is 0. The highest BCUT2D eigenvalue weighted by Gasteiger charge is 2.11.